The molecule has 0 aromatic heterocycles. The third-order valence-corrected chi connectivity index (χ3v) is 4.35. The van der Waals surface area contributed by atoms with Crippen LogP contribution in [0.3, 0.4) is 0 Å². The van der Waals surface area contributed by atoms with E-state index in [0.717, 1.165) is 25.6 Å². The number of likely N-dealkylation sites (tertiary alicyclic amines) is 1. The Kier molecular flexibility index (Phi) is 6.18. The number of hydrogen-bond donors (Lipinski definition) is 1. The molecule has 0 aliphatic carbocycles. The normalized spacial score (nSPS) is 21.8. The number of hydrogen-bond acceptors (Lipinski definition) is 3. The van der Waals surface area contributed by atoms with Crippen molar-refractivity contribution in [3.05, 3.63) is 29.8 Å². The SMILES string of the molecule is Cl.O=C(C1CCNC1)N1CCC(Oc2ccc(F)cc2F)CC1. The molecular formula is C16H21ClF2N2O2. The van der Waals surface area contributed by atoms with Gasteiger partial charge in [0.05, 0.1) is 5.92 Å². The van der Waals surface area contributed by atoms with Gasteiger partial charge in [-0.25, -0.2) is 8.78 Å². The number of nitrogens with zero attached hydrogens (tertiary/aromatic N) is 1. The average molecular weight is 347 g/mol. The van der Waals surface area contributed by atoms with E-state index in [1.807, 2.05) is 4.90 Å². The van der Waals surface area contributed by atoms with Crippen molar-refractivity contribution >= 4 is 18.3 Å². The molecule has 1 atom stereocenters. The standard InChI is InChI=1S/C16H20F2N2O2.ClH/c17-12-1-2-15(14(18)9-12)22-13-4-7-20(8-5-13)16(21)11-3-6-19-10-11;/h1-2,9,11,13,19H,3-8,10H2;1H. The molecule has 1 aromatic carbocycles. The van der Waals surface area contributed by atoms with Crippen molar-refractivity contribution in [2.45, 2.75) is 25.4 Å². The zero-order chi connectivity index (χ0) is 15.5. The summed E-state index contributed by atoms with van der Waals surface area (Å²) in [6.07, 6.45) is 2.10. The van der Waals surface area contributed by atoms with Crippen molar-refractivity contribution in [3.63, 3.8) is 0 Å². The fourth-order valence-electron chi connectivity index (χ4n) is 3.07. The van der Waals surface area contributed by atoms with Gasteiger partial charge in [0.15, 0.2) is 11.6 Å². The number of rotatable bonds is 3. The Morgan fingerprint density at radius 2 is 1.96 bits per heavy atom. The lowest BCUT2D eigenvalue weighted by Crippen LogP contribution is -2.44. The van der Waals surface area contributed by atoms with Crippen molar-refractivity contribution in [2.75, 3.05) is 26.2 Å². The number of carbonyl (C=O) groups excluding carboxylic acids is 1. The summed E-state index contributed by atoms with van der Waals surface area (Å²) in [4.78, 5) is 14.2. The van der Waals surface area contributed by atoms with E-state index >= 15 is 0 Å². The molecule has 0 saturated carbocycles. The zero-order valence-electron chi connectivity index (χ0n) is 12.8. The monoisotopic (exact) mass is 346 g/mol. The van der Waals surface area contributed by atoms with Crippen LogP contribution >= 0.6 is 12.4 Å². The van der Waals surface area contributed by atoms with Gasteiger partial charge in [-0.2, -0.15) is 0 Å². The summed E-state index contributed by atoms with van der Waals surface area (Å²) in [5.41, 5.74) is 0. The summed E-state index contributed by atoms with van der Waals surface area (Å²) in [6, 6.07) is 3.32. The molecule has 3 rings (SSSR count). The first-order valence-electron chi connectivity index (χ1n) is 7.74. The molecule has 128 valence electrons. The fraction of sp³-hybridized carbons (Fsp3) is 0.562. The number of carbonyl (C=O) groups is 1. The summed E-state index contributed by atoms with van der Waals surface area (Å²) < 4.78 is 32.1. The van der Waals surface area contributed by atoms with Crippen LogP contribution in [0.15, 0.2) is 18.2 Å². The van der Waals surface area contributed by atoms with Gasteiger partial charge in [-0.05, 0) is 25.1 Å². The number of halogens is 3. The van der Waals surface area contributed by atoms with Crippen LogP contribution in [-0.2, 0) is 4.79 Å². The smallest absolute Gasteiger partial charge is 0.227 e. The maximum Gasteiger partial charge on any atom is 0.227 e. The van der Waals surface area contributed by atoms with Crippen molar-refractivity contribution in [2.24, 2.45) is 5.92 Å². The van der Waals surface area contributed by atoms with Crippen molar-refractivity contribution in [3.8, 4) is 5.75 Å². The maximum absolute atomic E-state index is 13.6. The van der Waals surface area contributed by atoms with Crippen LogP contribution in [-0.4, -0.2) is 43.1 Å². The quantitative estimate of drug-likeness (QED) is 0.913. The van der Waals surface area contributed by atoms with E-state index in [4.69, 9.17) is 4.74 Å². The van der Waals surface area contributed by atoms with E-state index in [9.17, 15) is 13.6 Å². The molecule has 2 heterocycles. The molecular weight excluding hydrogens is 326 g/mol. The second-order valence-corrected chi connectivity index (χ2v) is 5.91. The van der Waals surface area contributed by atoms with E-state index in [1.165, 1.54) is 12.1 Å². The molecule has 2 fully saturated rings. The van der Waals surface area contributed by atoms with E-state index in [2.05, 4.69) is 5.32 Å². The topological polar surface area (TPSA) is 41.6 Å². The summed E-state index contributed by atoms with van der Waals surface area (Å²) in [5.74, 6) is -0.930. The lowest BCUT2D eigenvalue weighted by atomic mass is 10.0. The molecule has 2 aliphatic rings. The van der Waals surface area contributed by atoms with E-state index in [0.29, 0.717) is 25.9 Å². The first-order chi connectivity index (χ1) is 10.6. The zero-order valence-corrected chi connectivity index (χ0v) is 13.6. The highest BCUT2D eigenvalue weighted by atomic mass is 35.5. The third kappa shape index (κ3) is 4.32. The van der Waals surface area contributed by atoms with Gasteiger partial charge >= 0.3 is 0 Å². The van der Waals surface area contributed by atoms with Crippen molar-refractivity contribution in [1.82, 2.24) is 10.2 Å². The molecule has 0 radical (unpaired) electrons. The Hall–Kier alpha value is -1.40. The lowest BCUT2D eigenvalue weighted by Gasteiger charge is -2.33. The molecule has 7 heteroatoms. The predicted octanol–water partition coefficient (Wildman–Crippen LogP) is 2.37. The van der Waals surface area contributed by atoms with E-state index < -0.39 is 11.6 Å². The maximum atomic E-state index is 13.6. The highest BCUT2D eigenvalue weighted by Crippen LogP contribution is 2.24. The molecule has 2 aliphatic heterocycles. The number of ether oxygens (including phenoxy) is 1. The molecule has 1 amide bonds. The summed E-state index contributed by atoms with van der Waals surface area (Å²) in [7, 11) is 0. The van der Waals surface area contributed by atoms with Gasteiger partial charge in [-0.1, -0.05) is 0 Å². The van der Waals surface area contributed by atoms with Crippen LogP contribution in [0.5, 0.6) is 5.75 Å². The average Bonchev–Trinajstić information content (AvgIpc) is 3.04. The lowest BCUT2D eigenvalue weighted by molar-refractivity contribution is -0.136. The van der Waals surface area contributed by atoms with Gasteiger partial charge in [0.1, 0.15) is 11.9 Å². The Morgan fingerprint density at radius 3 is 2.57 bits per heavy atom. The van der Waals surface area contributed by atoms with Crippen LogP contribution in [0.25, 0.3) is 0 Å². The Bertz CT molecular complexity index is 545. The second kappa shape index (κ2) is 7.93. The van der Waals surface area contributed by atoms with Gasteiger partial charge in [-0.3, -0.25) is 4.79 Å². The van der Waals surface area contributed by atoms with Crippen molar-refractivity contribution in [1.29, 1.82) is 0 Å². The Labute approximate surface area is 140 Å². The van der Waals surface area contributed by atoms with E-state index in [-0.39, 0.29) is 36.1 Å². The molecule has 1 aromatic rings. The predicted molar refractivity (Wildman–Crippen MR) is 84.8 cm³/mol. The summed E-state index contributed by atoms with van der Waals surface area (Å²) in [5, 5.41) is 3.20. The van der Waals surface area contributed by atoms with Gasteiger partial charge < -0.3 is 15.0 Å². The fourth-order valence-corrected chi connectivity index (χ4v) is 3.07. The highest BCUT2D eigenvalue weighted by molar-refractivity contribution is 5.85. The van der Waals surface area contributed by atoms with Crippen LogP contribution in [0.2, 0.25) is 0 Å². The molecule has 0 spiro atoms. The second-order valence-electron chi connectivity index (χ2n) is 5.91. The van der Waals surface area contributed by atoms with Crippen LogP contribution < -0.4 is 10.1 Å². The van der Waals surface area contributed by atoms with E-state index in [1.54, 1.807) is 0 Å². The minimum absolute atomic E-state index is 0. The van der Waals surface area contributed by atoms with Gasteiger partial charge in [0.2, 0.25) is 5.91 Å². The molecule has 23 heavy (non-hydrogen) atoms. The molecule has 1 unspecified atom stereocenters. The highest BCUT2D eigenvalue weighted by Gasteiger charge is 2.30. The molecule has 0 bridgehead atoms. The number of piperidine rings is 1. The first-order valence-corrected chi connectivity index (χ1v) is 7.74. The summed E-state index contributed by atoms with van der Waals surface area (Å²) in [6.45, 7) is 2.92. The van der Waals surface area contributed by atoms with Crippen LogP contribution in [0, 0.1) is 17.6 Å². The Balaban J connectivity index is 0.00000192. The Morgan fingerprint density at radius 1 is 1.22 bits per heavy atom. The van der Waals surface area contributed by atoms with Gasteiger partial charge in [-0.15, -0.1) is 12.4 Å². The minimum atomic E-state index is -0.685. The third-order valence-electron chi connectivity index (χ3n) is 4.35. The number of nitrogens with one attached hydrogen (secondary N) is 1. The van der Waals surface area contributed by atoms with Crippen LogP contribution in [0.1, 0.15) is 19.3 Å². The number of amides is 1. The van der Waals surface area contributed by atoms with Crippen LogP contribution in [0.4, 0.5) is 8.78 Å². The van der Waals surface area contributed by atoms with Crippen molar-refractivity contribution < 1.29 is 18.3 Å². The largest absolute Gasteiger partial charge is 0.487 e. The number of benzene rings is 1. The molecule has 1 N–H and O–H groups in total. The first kappa shape index (κ1) is 17.9. The summed E-state index contributed by atoms with van der Waals surface area (Å²) >= 11 is 0. The molecule has 4 nitrogen and oxygen atoms in total. The minimum Gasteiger partial charge on any atom is -0.487 e. The van der Waals surface area contributed by atoms with Gasteiger partial charge in [0, 0.05) is 38.5 Å². The molecule has 2 saturated heterocycles. The van der Waals surface area contributed by atoms with Gasteiger partial charge in [0.25, 0.3) is 0 Å².